The van der Waals surface area contributed by atoms with Crippen molar-refractivity contribution in [3.05, 3.63) is 63.2 Å². The number of rotatable bonds is 3. The molecule has 3 aromatic rings. The number of ether oxygens (including phenoxy) is 1. The first kappa shape index (κ1) is 17.0. The number of fused-ring (bicyclic) bond motifs is 2. The monoisotopic (exact) mass is 388 g/mol. The molecule has 0 atom stereocenters. The molecule has 1 aliphatic carbocycles. The number of esters is 1. The van der Waals surface area contributed by atoms with Gasteiger partial charge in [0.1, 0.15) is 29.2 Å². The van der Waals surface area contributed by atoms with Gasteiger partial charge in [0, 0.05) is 16.0 Å². The Kier molecular flexibility index (Phi) is 4.10. The topological polar surface area (TPSA) is 75.6 Å². The van der Waals surface area contributed by atoms with E-state index in [1.807, 2.05) is 24.3 Å². The first-order valence-corrected chi connectivity index (χ1v) is 10.0. The zero-order valence-corrected chi connectivity index (χ0v) is 15.8. The summed E-state index contributed by atoms with van der Waals surface area (Å²) < 4.78 is 10.9. The third kappa shape index (κ3) is 2.85. The van der Waals surface area contributed by atoms with Gasteiger partial charge in [-0.3, -0.25) is 0 Å². The standard InChI is InChI=1S/C22H16N2O3S/c23-10-18-17-3-1-2-4-20(17)28-21(18)24-11-15-6-8-19(27-15)13-5-7-16-14(9-13)12-26-22(16)25/h5-9,11H,1-4,12H2. The molecule has 0 fully saturated rings. The summed E-state index contributed by atoms with van der Waals surface area (Å²) in [7, 11) is 0. The number of aryl methyl sites for hydroxylation is 1. The molecule has 6 heteroatoms. The number of nitriles is 1. The second kappa shape index (κ2) is 6.77. The van der Waals surface area contributed by atoms with Gasteiger partial charge in [-0.05, 0) is 55.5 Å². The number of aliphatic imine (C=N–C) groups is 1. The minimum Gasteiger partial charge on any atom is -0.457 e. The van der Waals surface area contributed by atoms with Gasteiger partial charge in [0.2, 0.25) is 0 Å². The molecule has 1 aliphatic heterocycles. The molecule has 0 bridgehead atoms. The molecule has 2 aromatic heterocycles. The summed E-state index contributed by atoms with van der Waals surface area (Å²) in [4.78, 5) is 17.4. The van der Waals surface area contributed by atoms with Crippen molar-refractivity contribution in [2.45, 2.75) is 32.3 Å². The van der Waals surface area contributed by atoms with E-state index in [0.717, 1.165) is 35.4 Å². The van der Waals surface area contributed by atoms with Crippen LogP contribution in [0.3, 0.4) is 0 Å². The van der Waals surface area contributed by atoms with Gasteiger partial charge in [-0.2, -0.15) is 5.26 Å². The van der Waals surface area contributed by atoms with Crippen LogP contribution in [0.2, 0.25) is 0 Å². The smallest absolute Gasteiger partial charge is 0.338 e. The highest BCUT2D eigenvalue weighted by Crippen LogP contribution is 2.39. The van der Waals surface area contributed by atoms with Crippen LogP contribution >= 0.6 is 11.3 Å². The van der Waals surface area contributed by atoms with Crippen molar-refractivity contribution in [3.8, 4) is 17.4 Å². The number of hydrogen-bond acceptors (Lipinski definition) is 6. The molecule has 0 saturated heterocycles. The second-order valence-corrected chi connectivity index (χ2v) is 7.99. The van der Waals surface area contributed by atoms with Gasteiger partial charge in [-0.15, -0.1) is 11.3 Å². The van der Waals surface area contributed by atoms with E-state index in [0.29, 0.717) is 29.3 Å². The highest BCUT2D eigenvalue weighted by molar-refractivity contribution is 7.16. The fourth-order valence-corrected chi connectivity index (χ4v) is 4.93. The zero-order valence-electron chi connectivity index (χ0n) is 15.0. The van der Waals surface area contributed by atoms with Crippen molar-refractivity contribution >= 4 is 28.5 Å². The summed E-state index contributed by atoms with van der Waals surface area (Å²) in [5.41, 5.74) is 4.27. The van der Waals surface area contributed by atoms with Gasteiger partial charge in [-0.1, -0.05) is 6.07 Å². The molecule has 1 aromatic carbocycles. The summed E-state index contributed by atoms with van der Waals surface area (Å²) in [5, 5.41) is 10.3. The van der Waals surface area contributed by atoms with Crippen LogP contribution in [0.5, 0.6) is 0 Å². The average molecular weight is 388 g/mol. The van der Waals surface area contributed by atoms with Gasteiger partial charge in [0.25, 0.3) is 0 Å². The largest absolute Gasteiger partial charge is 0.457 e. The molecule has 2 aliphatic rings. The fraction of sp³-hybridized carbons (Fsp3) is 0.227. The lowest BCUT2D eigenvalue weighted by molar-refractivity contribution is 0.0535. The lowest BCUT2D eigenvalue weighted by Gasteiger charge is -2.09. The van der Waals surface area contributed by atoms with E-state index in [-0.39, 0.29) is 5.97 Å². The van der Waals surface area contributed by atoms with Crippen LogP contribution in [0.1, 0.15) is 50.5 Å². The number of cyclic esters (lactones) is 1. The first-order valence-electron chi connectivity index (χ1n) is 9.22. The Balaban J connectivity index is 1.41. The van der Waals surface area contributed by atoms with E-state index in [4.69, 9.17) is 9.15 Å². The van der Waals surface area contributed by atoms with E-state index >= 15 is 0 Å². The molecule has 0 amide bonds. The molecule has 5 rings (SSSR count). The highest BCUT2D eigenvalue weighted by atomic mass is 32.1. The number of benzene rings is 1. The number of carbonyl (C=O) groups excluding carboxylic acids is 1. The predicted octanol–water partition coefficient (Wildman–Crippen LogP) is 5.18. The minimum absolute atomic E-state index is 0.277. The molecule has 138 valence electrons. The van der Waals surface area contributed by atoms with Gasteiger partial charge in [0.05, 0.1) is 17.3 Å². The molecule has 0 radical (unpaired) electrons. The minimum atomic E-state index is -0.277. The van der Waals surface area contributed by atoms with Crippen LogP contribution in [0.4, 0.5) is 5.00 Å². The van der Waals surface area contributed by atoms with E-state index in [1.54, 1.807) is 23.6 Å². The SMILES string of the molecule is N#Cc1c(N=Cc2ccc(-c3ccc4c(c3)COC4=O)o2)sc2c1CCCC2. The van der Waals surface area contributed by atoms with Gasteiger partial charge in [0.15, 0.2) is 0 Å². The lowest BCUT2D eigenvalue weighted by Crippen LogP contribution is -1.99. The van der Waals surface area contributed by atoms with E-state index in [2.05, 4.69) is 11.1 Å². The molecule has 3 heterocycles. The molecule has 0 saturated carbocycles. The summed E-state index contributed by atoms with van der Waals surface area (Å²) in [6.45, 7) is 0.303. The Morgan fingerprint density at radius 3 is 2.96 bits per heavy atom. The van der Waals surface area contributed by atoms with Gasteiger partial charge < -0.3 is 9.15 Å². The Hall–Kier alpha value is -3.17. The Morgan fingerprint density at radius 2 is 2.07 bits per heavy atom. The van der Waals surface area contributed by atoms with Gasteiger partial charge in [-0.25, -0.2) is 9.79 Å². The van der Waals surface area contributed by atoms with Crippen LogP contribution < -0.4 is 0 Å². The molecule has 5 nitrogen and oxygen atoms in total. The summed E-state index contributed by atoms with van der Waals surface area (Å²) in [5.74, 6) is 1.05. The first-order chi connectivity index (χ1) is 13.7. The van der Waals surface area contributed by atoms with Crippen LogP contribution in [-0.2, 0) is 24.2 Å². The second-order valence-electron chi connectivity index (χ2n) is 6.91. The molecule has 28 heavy (non-hydrogen) atoms. The maximum atomic E-state index is 11.6. The number of hydrogen-bond donors (Lipinski definition) is 0. The fourth-order valence-electron chi connectivity index (χ4n) is 3.74. The van der Waals surface area contributed by atoms with Crippen molar-refractivity contribution in [2.24, 2.45) is 4.99 Å². The number of carbonyl (C=O) groups is 1. The van der Waals surface area contributed by atoms with Crippen molar-refractivity contribution < 1.29 is 13.9 Å². The molecule has 0 spiro atoms. The molecular weight excluding hydrogens is 372 g/mol. The van der Waals surface area contributed by atoms with Crippen molar-refractivity contribution in [1.82, 2.24) is 0 Å². The Labute approximate surface area is 165 Å². The van der Waals surface area contributed by atoms with E-state index in [1.165, 1.54) is 16.9 Å². The quantitative estimate of drug-likeness (QED) is 0.458. The highest BCUT2D eigenvalue weighted by Gasteiger charge is 2.22. The maximum Gasteiger partial charge on any atom is 0.338 e. The van der Waals surface area contributed by atoms with Crippen molar-refractivity contribution in [3.63, 3.8) is 0 Å². The number of thiophene rings is 1. The van der Waals surface area contributed by atoms with E-state index < -0.39 is 0 Å². The van der Waals surface area contributed by atoms with Crippen LogP contribution in [0, 0.1) is 11.3 Å². The van der Waals surface area contributed by atoms with Crippen molar-refractivity contribution in [1.29, 1.82) is 5.26 Å². The van der Waals surface area contributed by atoms with E-state index in [9.17, 15) is 10.1 Å². The number of furan rings is 1. The summed E-state index contributed by atoms with van der Waals surface area (Å²) in [6.07, 6.45) is 6.00. The Bertz CT molecular complexity index is 1160. The normalized spacial score (nSPS) is 15.3. The van der Waals surface area contributed by atoms with Gasteiger partial charge >= 0.3 is 5.97 Å². The molecule has 0 N–H and O–H groups in total. The molecular formula is C22H16N2O3S. The average Bonchev–Trinajstić information content (AvgIpc) is 3.43. The summed E-state index contributed by atoms with van der Waals surface area (Å²) >= 11 is 1.61. The lowest BCUT2D eigenvalue weighted by atomic mass is 9.96. The molecule has 0 unspecified atom stereocenters. The van der Waals surface area contributed by atoms with Crippen LogP contribution in [-0.4, -0.2) is 12.2 Å². The number of nitrogens with zero attached hydrogens (tertiary/aromatic N) is 2. The Morgan fingerprint density at radius 1 is 1.18 bits per heavy atom. The summed E-state index contributed by atoms with van der Waals surface area (Å²) in [6, 6.07) is 11.6. The van der Waals surface area contributed by atoms with Crippen molar-refractivity contribution in [2.75, 3.05) is 0 Å². The third-order valence-corrected chi connectivity index (χ3v) is 6.37. The zero-order chi connectivity index (χ0) is 19.1. The maximum absolute atomic E-state index is 11.6. The predicted molar refractivity (Wildman–Crippen MR) is 106 cm³/mol. The van der Waals surface area contributed by atoms with Crippen LogP contribution in [0.25, 0.3) is 11.3 Å². The third-order valence-electron chi connectivity index (χ3n) is 5.17. The van der Waals surface area contributed by atoms with Crippen LogP contribution in [0.15, 0.2) is 39.7 Å².